The highest BCUT2D eigenvalue weighted by Crippen LogP contribution is 2.46. The molecule has 4 aliphatic heterocycles. The predicted molar refractivity (Wildman–Crippen MR) is 162 cm³/mol. The number of halogens is 1. The van der Waals surface area contributed by atoms with Crippen molar-refractivity contribution in [3.63, 3.8) is 0 Å². The number of hydrogen-bond donors (Lipinski definition) is 6. The summed E-state index contributed by atoms with van der Waals surface area (Å²) in [6.45, 7) is 5.36. The first-order valence-corrected chi connectivity index (χ1v) is 16.9. The standard InChI is InChI=1S/C31H58FN7O3/c1-42-23-9-16-39(20-23)30(41)21-7-14-38(15-8-21)26-6-13-35-19-25(26)37-29(40)27(28(33)34)24-17-31(10-3-2-4-11-31)12-5-22(32)18-36-24/h21-28,30,35-36,41H,2-20,33-34H2,1H3,(H,37,40)/t22?,23-,24?,25?,26?,27?,30?/m0/s1. The molecule has 0 aromatic heterocycles. The molecule has 5 fully saturated rings. The van der Waals surface area contributed by atoms with Crippen molar-refractivity contribution in [3.05, 3.63) is 0 Å². The van der Waals surface area contributed by atoms with E-state index in [9.17, 15) is 14.3 Å². The van der Waals surface area contributed by atoms with Crippen molar-refractivity contribution in [1.29, 1.82) is 0 Å². The van der Waals surface area contributed by atoms with Crippen molar-refractivity contribution in [2.75, 3.05) is 52.9 Å². The van der Waals surface area contributed by atoms with E-state index in [1.54, 1.807) is 7.11 Å². The Morgan fingerprint density at radius 1 is 1.05 bits per heavy atom. The summed E-state index contributed by atoms with van der Waals surface area (Å²) in [6, 6.07) is -0.0730. The smallest absolute Gasteiger partial charge is 0.227 e. The van der Waals surface area contributed by atoms with Crippen LogP contribution in [0, 0.1) is 17.3 Å². The number of carbonyl (C=O) groups is 1. The van der Waals surface area contributed by atoms with Crippen molar-refractivity contribution >= 4 is 5.91 Å². The van der Waals surface area contributed by atoms with Crippen LogP contribution in [0.3, 0.4) is 0 Å². The van der Waals surface area contributed by atoms with Crippen molar-refractivity contribution in [1.82, 2.24) is 25.8 Å². The highest BCUT2D eigenvalue weighted by Gasteiger charge is 2.43. The summed E-state index contributed by atoms with van der Waals surface area (Å²) in [7, 11) is 1.75. The molecule has 8 N–H and O–H groups in total. The molecule has 0 aromatic rings. The van der Waals surface area contributed by atoms with E-state index < -0.39 is 24.5 Å². The molecule has 1 aliphatic carbocycles. The van der Waals surface area contributed by atoms with Crippen LogP contribution in [0.2, 0.25) is 0 Å². The molecule has 1 spiro atoms. The van der Waals surface area contributed by atoms with E-state index >= 15 is 0 Å². The van der Waals surface area contributed by atoms with Gasteiger partial charge in [0.2, 0.25) is 5.91 Å². The van der Waals surface area contributed by atoms with Gasteiger partial charge in [0.05, 0.1) is 24.2 Å². The van der Waals surface area contributed by atoms with Gasteiger partial charge in [0, 0.05) is 51.3 Å². The number of aliphatic hydroxyl groups is 1. The Hall–Kier alpha value is -0.920. The molecule has 5 rings (SSSR count). The second-order valence-electron chi connectivity index (χ2n) is 14.1. The molecule has 7 atom stereocenters. The molecular weight excluding hydrogens is 537 g/mol. The topological polar surface area (TPSA) is 141 Å². The van der Waals surface area contributed by atoms with Crippen molar-refractivity contribution in [3.8, 4) is 0 Å². The minimum Gasteiger partial charge on any atom is -0.380 e. The van der Waals surface area contributed by atoms with Gasteiger partial charge in [0.1, 0.15) is 12.4 Å². The molecule has 1 saturated carbocycles. The highest BCUT2D eigenvalue weighted by atomic mass is 19.1. The molecule has 6 unspecified atom stereocenters. The van der Waals surface area contributed by atoms with Gasteiger partial charge >= 0.3 is 0 Å². The van der Waals surface area contributed by atoms with E-state index in [1.165, 1.54) is 19.3 Å². The first-order valence-electron chi connectivity index (χ1n) is 16.9. The SMILES string of the molecule is CO[C@H]1CCN(C(O)C2CCN(C3CCNCC3NC(=O)C(C(N)N)C3CC4(CCCCC4)CCC(F)CN3)CC2)C1. The van der Waals surface area contributed by atoms with E-state index in [0.717, 1.165) is 84.1 Å². The molecule has 0 aromatic carbocycles. The zero-order valence-electron chi connectivity index (χ0n) is 25.8. The van der Waals surface area contributed by atoms with Gasteiger partial charge < -0.3 is 37.3 Å². The monoisotopic (exact) mass is 595 g/mol. The molecule has 5 aliphatic rings. The molecule has 11 heteroatoms. The maximum atomic E-state index is 14.8. The van der Waals surface area contributed by atoms with Gasteiger partial charge in [-0.05, 0) is 82.8 Å². The number of alkyl halides is 1. The molecule has 4 saturated heterocycles. The van der Waals surface area contributed by atoms with Crippen LogP contribution in [0.4, 0.5) is 4.39 Å². The Kier molecular flexibility index (Phi) is 11.5. The van der Waals surface area contributed by atoms with Crippen molar-refractivity contribution in [2.45, 2.75) is 120 Å². The number of rotatable bonds is 8. The number of aliphatic hydroxyl groups excluding tert-OH is 1. The van der Waals surface area contributed by atoms with Gasteiger partial charge in [0.25, 0.3) is 0 Å². The largest absolute Gasteiger partial charge is 0.380 e. The van der Waals surface area contributed by atoms with Crippen LogP contribution in [-0.4, -0.2) is 117 Å². The maximum Gasteiger partial charge on any atom is 0.227 e. The summed E-state index contributed by atoms with van der Waals surface area (Å²) in [6.07, 6.45) is 9.92. The third kappa shape index (κ3) is 7.83. The first-order chi connectivity index (χ1) is 20.3. The fourth-order valence-electron chi connectivity index (χ4n) is 8.86. The number of nitrogens with zero attached hydrogens (tertiary/aromatic N) is 2. The number of carbonyl (C=O) groups excluding carboxylic acids is 1. The highest BCUT2D eigenvalue weighted by molar-refractivity contribution is 5.80. The molecule has 1 amide bonds. The normalized spacial score (nSPS) is 35.5. The second-order valence-corrected chi connectivity index (χ2v) is 14.1. The fraction of sp³-hybridized carbons (Fsp3) is 0.968. The van der Waals surface area contributed by atoms with Crippen LogP contribution in [0.1, 0.15) is 77.0 Å². The van der Waals surface area contributed by atoms with Gasteiger partial charge in [-0.1, -0.05) is 19.3 Å². The van der Waals surface area contributed by atoms with Crippen LogP contribution in [-0.2, 0) is 9.53 Å². The van der Waals surface area contributed by atoms with E-state index in [0.29, 0.717) is 13.0 Å². The van der Waals surface area contributed by atoms with Crippen molar-refractivity contribution < 1.29 is 19.0 Å². The van der Waals surface area contributed by atoms with Crippen LogP contribution >= 0.6 is 0 Å². The predicted octanol–water partition coefficient (Wildman–Crippen LogP) is 0.875. The van der Waals surface area contributed by atoms with Gasteiger partial charge in [-0.15, -0.1) is 0 Å². The van der Waals surface area contributed by atoms with Crippen LogP contribution in [0.15, 0.2) is 0 Å². The van der Waals surface area contributed by atoms with Crippen LogP contribution in [0.5, 0.6) is 0 Å². The van der Waals surface area contributed by atoms with E-state index in [-0.39, 0.29) is 48.0 Å². The summed E-state index contributed by atoms with van der Waals surface area (Å²) in [5, 5.41) is 21.3. The zero-order chi connectivity index (χ0) is 29.7. The molecule has 4 heterocycles. The fourth-order valence-corrected chi connectivity index (χ4v) is 8.86. The van der Waals surface area contributed by atoms with Gasteiger partial charge in [0.15, 0.2) is 0 Å². The Morgan fingerprint density at radius 2 is 1.81 bits per heavy atom. The molecule has 0 bridgehead atoms. The van der Waals surface area contributed by atoms with Crippen LogP contribution in [0.25, 0.3) is 0 Å². The summed E-state index contributed by atoms with van der Waals surface area (Å²) < 4.78 is 20.3. The van der Waals surface area contributed by atoms with Gasteiger partial charge in [-0.2, -0.15) is 0 Å². The molecule has 10 nitrogen and oxygen atoms in total. The van der Waals surface area contributed by atoms with Gasteiger partial charge in [-0.25, -0.2) is 4.39 Å². The van der Waals surface area contributed by atoms with E-state index in [4.69, 9.17) is 16.2 Å². The minimum atomic E-state index is -0.912. The average Bonchev–Trinajstić information content (AvgIpc) is 3.48. The number of hydrogen-bond acceptors (Lipinski definition) is 9. The Balaban J connectivity index is 1.20. The number of methoxy groups -OCH3 is 1. The summed E-state index contributed by atoms with van der Waals surface area (Å²) in [5.41, 5.74) is 12.7. The number of nitrogens with one attached hydrogen (secondary N) is 3. The number of piperidine rings is 2. The zero-order valence-corrected chi connectivity index (χ0v) is 25.8. The van der Waals surface area contributed by atoms with Crippen molar-refractivity contribution in [2.24, 2.45) is 28.7 Å². The number of nitrogens with two attached hydrogens (primary N) is 2. The lowest BCUT2D eigenvalue weighted by molar-refractivity contribution is -0.128. The first kappa shape index (κ1) is 32.5. The number of ether oxygens (including phenoxy) is 1. The number of likely N-dealkylation sites (tertiary alicyclic amines) is 2. The summed E-state index contributed by atoms with van der Waals surface area (Å²) >= 11 is 0. The maximum absolute atomic E-state index is 14.8. The molecule has 0 radical (unpaired) electrons. The molecular formula is C31H58FN7O3. The third-order valence-electron chi connectivity index (χ3n) is 11.4. The molecule has 42 heavy (non-hydrogen) atoms. The lowest BCUT2D eigenvalue weighted by Crippen LogP contribution is -2.65. The number of amides is 1. The van der Waals surface area contributed by atoms with E-state index in [1.807, 2.05) is 0 Å². The van der Waals surface area contributed by atoms with E-state index in [2.05, 4.69) is 25.8 Å². The Labute approximate surface area is 252 Å². The lowest BCUT2D eigenvalue weighted by atomic mass is 9.65. The third-order valence-corrected chi connectivity index (χ3v) is 11.4. The van der Waals surface area contributed by atoms with Gasteiger partial charge in [-0.3, -0.25) is 14.6 Å². The quantitative estimate of drug-likeness (QED) is 0.226. The minimum absolute atomic E-state index is 0.0545. The summed E-state index contributed by atoms with van der Waals surface area (Å²) in [5.74, 6) is -0.479. The molecule has 242 valence electrons. The second kappa shape index (κ2) is 14.9. The Morgan fingerprint density at radius 3 is 2.50 bits per heavy atom. The average molecular weight is 596 g/mol. The summed E-state index contributed by atoms with van der Waals surface area (Å²) in [4.78, 5) is 18.6. The van der Waals surface area contributed by atoms with Crippen LogP contribution < -0.4 is 27.4 Å². The lowest BCUT2D eigenvalue weighted by Gasteiger charge is -2.46. The Bertz CT molecular complexity index is 854.